The number of aliphatic imine (C=N–C) groups is 1. The lowest BCUT2D eigenvalue weighted by molar-refractivity contribution is 0.0386. The van der Waals surface area contributed by atoms with E-state index < -0.39 is 0 Å². The van der Waals surface area contributed by atoms with Crippen molar-refractivity contribution in [3.8, 4) is 5.75 Å². The Hall–Kier alpha value is -2.13. The van der Waals surface area contributed by atoms with E-state index in [9.17, 15) is 0 Å². The standard InChI is InChI=1S/C25H33NO2/c1-5-6-12-28-23-14-21-15-24(26-16-22(21)13-19(23)2)25(3,4)18-27-17-20-10-8-7-9-11-20/h7-11,13-14,16,24H,5-6,12,15,17-18H2,1-4H3. The van der Waals surface area contributed by atoms with E-state index in [0.717, 1.165) is 31.6 Å². The van der Waals surface area contributed by atoms with Gasteiger partial charge in [-0.2, -0.15) is 0 Å². The largest absolute Gasteiger partial charge is 0.493 e. The highest BCUT2D eigenvalue weighted by molar-refractivity contribution is 5.84. The monoisotopic (exact) mass is 379 g/mol. The van der Waals surface area contributed by atoms with E-state index in [1.807, 2.05) is 24.4 Å². The third-order valence-electron chi connectivity index (χ3n) is 5.49. The molecule has 0 bridgehead atoms. The SMILES string of the molecule is CCCCOc1cc2c(cc1C)C=NC(C(C)(C)COCc1ccccc1)C2. The molecule has 2 aromatic rings. The number of nitrogens with zero attached hydrogens (tertiary/aromatic N) is 1. The van der Waals surface area contributed by atoms with Crippen LogP contribution in [0.1, 0.15) is 55.9 Å². The van der Waals surface area contributed by atoms with Crippen molar-refractivity contribution < 1.29 is 9.47 Å². The zero-order valence-corrected chi connectivity index (χ0v) is 17.7. The molecule has 1 unspecified atom stereocenters. The number of aryl methyl sites for hydroxylation is 1. The van der Waals surface area contributed by atoms with E-state index in [0.29, 0.717) is 13.2 Å². The minimum Gasteiger partial charge on any atom is -0.493 e. The highest BCUT2D eigenvalue weighted by atomic mass is 16.5. The molecule has 0 saturated carbocycles. The molecular weight excluding hydrogens is 346 g/mol. The highest BCUT2D eigenvalue weighted by Crippen LogP contribution is 2.33. The molecule has 0 N–H and O–H groups in total. The fraction of sp³-hybridized carbons (Fsp3) is 0.480. The van der Waals surface area contributed by atoms with Gasteiger partial charge >= 0.3 is 0 Å². The molecular formula is C25H33NO2. The van der Waals surface area contributed by atoms with Crippen LogP contribution in [-0.2, 0) is 17.8 Å². The summed E-state index contributed by atoms with van der Waals surface area (Å²) in [4.78, 5) is 4.87. The summed E-state index contributed by atoms with van der Waals surface area (Å²) in [6.45, 7) is 10.9. The lowest BCUT2D eigenvalue weighted by Crippen LogP contribution is -2.36. The maximum absolute atomic E-state index is 6.04. The second-order valence-electron chi connectivity index (χ2n) is 8.48. The maximum Gasteiger partial charge on any atom is 0.122 e. The first kappa shape index (κ1) is 20.6. The first-order valence-electron chi connectivity index (χ1n) is 10.4. The van der Waals surface area contributed by atoms with Crippen molar-refractivity contribution in [2.75, 3.05) is 13.2 Å². The lowest BCUT2D eigenvalue weighted by atomic mass is 9.80. The number of benzene rings is 2. The predicted molar refractivity (Wildman–Crippen MR) is 117 cm³/mol. The summed E-state index contributed by atoms with van der Waals surface area (Å²) in [5.74, 6) is 1.01. The fourth-order valence-corrected chi connectivity index (χ4v) is 3.54. The fourth-order valence-electron chi connectivity index (χ4n) is 3.54. The van der Waals surface area contributed by atoms with Crippen molar-refractivity contribution in [2.45, 2.75) is 59.6 Å². The van der Waals surface area contributed by atoms with Crippen LogP contribution in [0.3, 0.4) is 0 Å². The first-order chi connectivity index (χ1) is 13.5. The minimum absolute atomic E-state index is 0.0307. The Balaban J connectivity index is 1.63. The number of rotatable bonds is 9. The molecule has 1 aliphatic heterocycles. The summed E-state index contributed by atoms with van der Waals surface area (Å²) in [7, 11) is 0. The Morgan fingerprint density at radius 2 is 1.93 bits per heavy atom. The zero-order chi connectivity index (χ0) is 20.0. The van der Waals surface area contributed by atoms with Crippen molar-refractivity contribution >= 4 is 6.21 Å². The molecule has 0 fully saturated rings. The molecule has 2 aromatic carbocycles. The third kappa shape index (κ3) is 5.23. The molecule has 150 valence electrons. The van der Waals surface area contributed by atoms with Gasteiger partial charge in [-0.05, 0) is 54.2 Å². The third-order valence-corrected chi connectivity index (χ3v) is 5.49. The van der Waals surface area contributed by atoms with E-state index in [-0.39, 0.29) is 11.5 Å². The van der Waals surface area contributed by atoms with Gasteiger partial charge in [0.05, 0.1) is 25.9 Å². The summed E-state index contributed by atoms with van der Waals surface area (Å²) in [5, 5.41) is 0. The molecule has 3 heteroatoms. The van der Waals surface area contributed by atoms with Gasteiger partial charge in [-0.1, -0.05) is 57.5 Å². The number of unbranched alkanes of at least 4 members (excludes halogenated alkanes) is 1. The highest BCUT2D eigenvalue weighted by Gasteiger charge is 2.32. The summed E-state index contributed by atoms with van der Waals surface area (Å²) in [5.41, 5.74) is 4.91. The van der Waals surface area contributed by atoms with E-state index in [1.165, 1.54) is 22.3 Å². The summed E-state index contributed by atoms with van der Waals surface area (Å²) in [6, 6.07) is 15.0. The Morgan fingerprint density at radius 1 is 1.14 bits per heavy atom. The quantitative estimate of drug-likeness (QED) is 0.519. The molecule has 28 heavy (non-hydrogen) atoms. The van der Waals surface area contributed by atoms with Crippen LogP contribution in [0.25, 0.3) is 0 Å². The van der Waals surface area contributed by atoms with Crippen molar-refractivity contribution in [3.05, 3.63) is 64.7 Å². The van der Waals surface area contributed by atoms with Crippen molar-refractivity contribution in [1.29, 1.82) is 0 Å². The van der Waals surface area contributed by atoms with E-state index in [1.54, 1.807) is 0 Å². The molecule has 0 radical (unpaired) electrons. The minimum atomic E-state index is -0.0307. The molecule has 0 aliphatic carbocycles. The van der Waals surface area contributed by atoms with Gasteiger partial charge in [-0.25, -0.2) is 0 Å². The average Bonchev–Trinajstić information content (AvgIpc) is 2.69. The number of ether oxygens (including phenoxy) is 2. The molecule has 1 atom stereocenters. The Kier molecular flexibility index (Phi) is 6.90. The zero-order valence-electron chi connectivity index (χ0n) is 17.7. The molecule has 1 aliphatic rings. The Morgan fingerprint density at radius 3 is 2.68 bits per heavy atom. The summed E-state index contributed by atoms with van der Waals surface area (Å²) < 4.78 is 12.0. The van der Waals surface area contributed by atoms with Gasteiger partial charge in [0.25, 0.3) is 0 Å². The molecule has 0 spiro atoms. The van der Waals surface area contributed by atoms with Crippen LogP contribution < -0.4 is 4.74 Å². The van der Waals surface area contributed by atoms with E-state index >= 15 is 0 Å². The first-order valence-corrected chi connectivity index (χ1v) is 10.4. The van der Waals surface area contributed by atoms with Crippen LogP contribution in [0.4, 0.5) is 0 Å². The molecule has 1 heterocycles. The van der Waals surface area contributed by atoms with Gasteiger partial charge in [0.2, 0.25) is 0 Å². The lowest BCUT2D eigenvalue weighted by Gasteiger charge is -2.34. The average molecular weight is 380 g/mol. The van der Waals surface area contributed by atoms with Crippen molar-refractivity contribution in [2.24, 2.45) is 10.4 Å². The smallest absolute Gasteiger partial charge is 0.122 e. The summed E-state index contributed by atoms with van der Waals surface area (Å²) in [6.07, 6.45) is 5.20. The second kappa shape index (κ2) is 9.38. The van der Waals surface area contributed by atoms with Crippen LogP contribution in [0.15, 0.2) is 47.5 Å². The van der Waals surface area contributed by atoms with E-state index in [4.69, 9.17) is 14.5 Å². The molecule has 0 aromatic heterocycles. The summed E-state index contributed by atoms with van der Waals surface area (Å²) >= 11 is 0. The van der Waals surface area contributed by atoms with Gasteiger partial charge in [-0.3, -0.25) is 4.99 Å². The maximum atomic E-state index is 6.04. The van der Waals surface area contributed by atoms with Crippen LogP contribution in [0.2, 0.25) is 0 Å². The Bertz CT molecular complexity index is 796. The van der Waals surface area contributed by atoms with Crippen LogP contribution in [0, 0.1) is 12.3 Å². The molecule has 3 nitrogen and oxygen atoms in total. The molecule has 0 amide bonds. The topological polar surface area (TPSA) is 30.8 Å². The van der Waals surface area contributed by atoms with Gasteiger partial charge < -0.3 is 9.47 Å². The van der Waals surface area contributed by atoms with Crippen LogP contribution in [0.5, 0.6) is 5.75 Å². The normalized spacial score (nSPS) is 16.1. The number of hydrogen-bond donors (Lipinski definition) is 0. The van der Waals surface area contributed by atoms with Crippen molar-refractivity contribution in [3.63, 3.8) is 0 Å². The predicted octanol–water partition coefficient (Wildman–Crippen LogP) is 5.76. The molecule has 3 rings (SSSR count). The van der Waals surface area contributed by atoms with Crippen LogP contribution >= 0.6 is 0 Å². The van der Waals surface area contributed by atoms with Gasteiger partial charge in [-0.15, -0.1) is 0 Å². The van der Waals surface area contributed by atoms with Gasteiger partial charge in [0.1, 0.15) is 5.75 Å². The van der Waals surface area contributed by atoms with Gasteiger partial charge in [0.15, 0.2) is 0 Å². The van der Waals surface area contributed by atoms with Crippen molar-refractivity contribution in [1.82, 2.24) is 0 Å². The van der Waals surface area contributed by atoms with E-state index in [2.05, 4.69) is 52.0 Å². The Labute approximate surface area is 169 Å². The second-order valence-corrected chi connectivity index (χ2v) is 8.48. The van der Waals surface area contributed by atoms with Crippen LogP contribution in [-0.4, -0.2) is 25.5 Å². The number of hydrogen-bond acceptors (Lipinski definition) is 3. The number of fused-ring (bicyclic) bond motifs is 1. The van der Waals surface area contributed by atoms with Gasteiger partial charge in [0, 0.05) is 11.6 Å². The molecule has 0 saturated heterocycles.